The molecule has 3 amide bonds. The summed E-state index contributed by atoms with van der Waals surface area (Å²) >= 11 is 0. The first-order valence-electron chi connectivity index (χ1n) is 13.7. The van der Waals surface area contributed by atoms with Crippen molar-refractivity contribution in [3.63, 3.8) is 0 Å². The first-order chi connectivity index (χ1) is 19.5. The summed E-state index contributed by atoms with van der Waals surface area (Å²) in [5.41, 5.74) is 3.82. The van der Waals surface area contributed by atoms with Crippen LogP contribution in [0.4, 0.5) is 10.5 Å². The third-order valence-electron chi connectivity index (χ3n) is 6.89. The number of ether oxygens (including phenoxy) is 2. The van der Waals surface area contributed by atoms with Crippen LogP contribution in [0.15, 0.2) is 79.0 Å². The Morgan fingerprint density at radius 2 is 1.57 bits per heavy atom. The normalized spacial score (nSPS) is 10.8. The number of methoxy groups -OCH3 is 2. The molecule has 2 N–H and O–H groups in total. The summed E-state index contributed by atoms with van der Waals surface area (Å²) in [6.07, 6.45) is 4.40. The maximum Gasteiger partial charge on any atom is 0.322 e. The van der Waals surface area contributed by atoms with E-state index < -0.39 is 0 Å². The molecule has 1 heterocycles. The average Bonchev–Trinajstić information content (AvgIpc) is 3.40. The number of urea groups is 1. The number of fused-ring (bicyclic) bond motifs is 1. The topological polar surface area (TPSA) is 86.9 Å². The van der Waals surface area contributed by atoms with Crippen molar-refractivity contribution >= 4 is 28.5 Å². The van der Waals surface area contributed by atoms with E-state index in [0.29, 0.717) is 43.2 Å². The molecule has 40 heavy (non-hydrogen) atoms. The van der Waals surface area contributed by atoms with Gasteiger partial charge in [0.2, 0.25) is 5.91 Å². The standard InChI is InChI=1S/C32H38N4O4/c1-4-5-16-36(32(38)34-26-18-27(39-2)20-28(19-26)40-3)23-31(37)35(22-24-11-7-6-8-12-24)17-15-25-21-33-30-14-10-9-13-29(25)30/h6-14,18-21,33H,4-5,15-17,22-23H2,1-3H3,(H,34,38). The zero-order valence-corrected chi connectivity index (χ0v) is 23.5. The number of aromatic amines is 1. The van der Waals surface area contributed by atoms with Gasteiger partial charge in [-0.15, -0.1) is 0 Å². The molecule has 0 spiro atoms. The Bertz CT molecular complexity index is 1380. The van der Waals surface area contributed by atoms with Gasteiger partial charge >= 0.3 is 6.03 Å². The van der Waals surface area contributed by atoms with E-state index in [1.165, 1.54) is 0 Å². The van der Waals surface area contributed by atoms with Gasteiger partial charge in [0.1, 0.15) is 18.0 Å². The van der Waals surface area contributed by atoms with E-state index >= 15 is 0 Å². The zero-order valence-electron chi connectivity index (χ0n) is 23.5. The second-order valence-corrected chi connectivity index (χ2v) is 9.72. The van der Waals surface area contributed by atoms with Crippen molar-refractivity contribution in [2.45, 2.75) is 32.7 Å². The third kappa shape index (κ3) is 7.56. The highest BCUT2D eigenvalue weighted by Crippen LogP contribution is 2.26. The molecule has 0 fully saturated rings. The summed E-state index contributed by atoms with van der Waals surface area (Å²) in [7, 11) is 3.12. The van der Waals surface area contributed by atoms with E-state index in [2.05, 4.69) is 23.3 Å². The van der Waals surface area contributed by atoms with Gasteiger partial charge in [-0.3, -0.25) is 4.79 Å². The van der Waals surface area contributed by atoms with Gasteiger partial charge < -0.3 is 29.6 Å². The average molecular weight is 543 g/mol. The third-order valence-corrected chi connectivity index (χ3v) is 6.89. The van der Waals surface area contributed by atoms with Crippen molar-refractivity contribution in [3.05, 3.63) is 90.1 Å². The van der Waals surface area contributed by atoms with Crippen molar-refractivity contribution < 1.29 is 19.1 Å². The van der Waals surface area contributed by atoms with Crippen LogP contribution < -0.4 is 14.8 Å². The fourth-order valence-electron chi connectivity index (χ4n) is 4.64. The molecule has 0 saturated heterocycles. The molecule has 0 saturated carbocycles. The fourth-order valence-corrected chi connectivity index (χ4v) is 4.64. The van der Waals surface area contributed by atoms with E-state index in [4.69, 9.17) is 9.47 Å². The number of rotatable bonds is 13. The van der Waals surface area contributed by atoms with Gasteiger partial charge in [0.25, 0.3) is 0 Å². The summed E-state index contributed by atoms with van der Waals surface area (Å²) in [6, 6.07) is 23.0. The number of nitrogens with zero attached hydrogens (tertiary/aromatic N) is 2. The number of carbonyl (C=O) groups excluding carboxylic acids is 2. The van der Waals surface area contributed by atoms with Crippen LogP contribution in [0.3, 0.4) is 0 Å². The van der Waals surface area contributed by atoms with E-state index in [1.54, 1.807) is 37.3 Å². The highest BCUT2D eigenvalue weighted by atomic mass is 16.5. The number of unbranched alkanes of at least 4 members (excludes halogenated alkanes) is 1. The monoisotopic (exact) mass is 542 g/mol. The molecule has 3 aromatic carbocycles. The first kappa shape index (κ1) is 28.5. The summed E-state index contributed by atoms with van der Waals surface area (Å²) in [4.78, 5) is 33.9. The number of amides is 3. The van der Waals surface area contributed by atoms with Crippen LogP contribution in [-0.4, -0.2) is 60.6 Å². The molecule has 4 rings (SSSR count). The number of para-hydroxylation sites is 1. The van der Waals surface area contributed by atoms with Crippen molar-refractivity contribution in [3.8, 4) is 11.5 Å². The predicted molar refractivity (Wildman–Crippen MR) is 159 cm³/mol. The van der Waals surface area contributed by atoms with E-state index in [1.807, 2.05) is 59.6 Å². The van der Waals surface area contributed by atoms with Crippen molar-refractivity contribution in [1.82, 2.24) is 14.8 Å². The lowest BCUT2D eigenvalue weighted by atomic mass is 10.1. The highest BCUT2D eigenvalue weighted by molar-refractivity contribution is 5.93. The molecule has 8 heteroatoms. The van der Waals surface area contributed by atoms with Gasteiger partial charge in [0, 0.05) is 60.6 Å². The van der Waals surface area contributed by atoms with Crippen LogP contribution in [0, 0.1) is 0 Å². The molecule has 0 aliphatic heterocycles. The number of hydrogen-bond acceptors (Lipinski definition) is 4. The molecule has 0 atom stereocenters. The number of benzene rings is 3. The van der Waals surface area contributed by atoms with Crippen LogP contribution in [0.2, 0.25) is 0 Å². The second-order valence-electron chi connectivity index (χ2n) is 9.72. The van der Waals surface area contributed by atoms with Crippen molar-refractivity contribution in [2.75, 3.05) is 39.2 Å². The molecule has 0 radical (unpaired) electrons. The lowest BCUT2D eigenvalue weighted by Gasteiger charge is -2.28. The molecule has 210 valence electrons. The molecule has 0 unspecified atom stereocenters. The zero-order chi connectivity index (χ0) is 28.3. The Hall–Kier alpha value is -4.46. The lowest BCUT2D eigenvalue weighted by molar-refractivity contribution is -0.132. The summed E-state index contributed by atoms with van der Waals surface area (Å²) in [6.45, 7) is 3.52. The smallest absolute Gasteiger partial charge is 0.322 e. The number of nitrogens with one attached hydrogen (secondary N) is 2. The molecular formula is C32H38N4O4. The van der Waals surface area contributed by atoms with Crippen LogP contribution in [0.1, 0.15) is 30.9 Å². The molecule has 0 aliphatic carbocycles. The Morgan fingerprint density at radius 3 is 2.27 bits per heavy atom. The van der Waals surface area contributed by atoms with Crippen molar-refractivity contribution in [1.29, 1.82) is 0 Å². The van der Waals surface area contributed by atoms with Gasteiger partial charge in [-0.2, -0.15) is 0 Å². The Morgan fingerprint density at radius 1 is 0.875 bits per heavy atom. The van der Waals surface area contributed by atoms with Gasteiger partial charge in [-0.1, -0.05) is 61.9 Å². The summed E-state index contributed by atoms with van der Waals surface area (Å²) < 4.78 is 10.7. The maximum atomic E-state index is 13.8. The first-order valence-corrected chi connectivity index (χ1v) is 13.7. The molecular weight excluding hydrogens is 504 g/mol. The van der Waals surface area contributed by atoms with Crippen LogP contribution >= 0.6 is 0 Å². The summed E-state index contributed by atoms with van der Waals surface area (Å²) in [5.74, 6) is 1.03. The van der Waals surface area contributed by atoms with Gasteiger partial charge in [0.05, 0.1) is 14.2 Å². The second kappa shape index (κ2) is 14.1. The minimum atomic E-state index is -0.339. The highest BCUT2D eigenvalue weighted by Gasteiger charge is 2.22. The van der Waals surface area contributed by atoms with E-state index in [-0.39, 0.29) is 18.5 Å². The fraction of sp³-hybridized carbons (Fsp3) is 0.312. The molecule has 1 aromatic heterocycles. The van der Waals surface area contributed by atoms with Gasteiger partial charge in [0.15, 0.2) is 0 Å². The van der Waals surface area contributed by atoms with Crippen LogP contribution in [0.5, 0.6) is 11.5 Å². The minimum absolute atomic E-state index is 0.0202. The minimum Gasteiger partial charge on any atom is -0.497 e. The van der Waals surface area contributed by atoms with Gasteiger partial charge in [-0.25, -0.2) is 4.79 Å². The van der Waals surface area contributed by atoms with Crippen LogP contribution in [0.25, 0.3) is 10.9 Å². The van der Waals surface area contributed by atoms with E-state index in [9.17, 15) is 9.59 Å². The van der Waals surface area contributed by atoms with Crippen molar-refractivity contribution in [2.24, 2.45) is 0 Å². The molecule has 0 bridgehead atoms. The number of H-pyrrole nitrogens is 1. The SMILES string of the molecule is CCCCN(CC(=O)N(CCc1c[nH]c2ccccc12)Cc1ccccc1)C(=O)Nc1cc(OC)cc(OC)c1. The molecule has 0 aliphatic rings. The number of aromatic nitrogens is 1. The quantitative estimate of drug-likeness (QED) is 0.214. The molecule has 4 aromatic rings. The maximum absolute atomic E-state index is 13.8. The van der Waals surface area contributed by atoms with E-state index in [0.717, 1.165) is 34.9 Å². The largest absolute Gasteiger partial charge is 0.497 e. The van der Waals surface area contributed by atoms with Gasteiger partial charge in [-0.05, 0) is 30.0 Å². The predicted octanol–water partition coefficient (Wildman–Crippen LogP) is 6.09. The summed E-state index contributed by atoms with van der Waals surface area (Å²) in [5, 5.41) is 4.08. The Balaban J connectivity index is 1.51. The number of anilines is 1. The number of carbonyl (C=O) groups is 2. The van der Waals surface area contributed by atoms with Crippen LogP contribution in [-0.2, 0) is 17.8 Å². The lowest BCUT2D eigenvalue weighted by Crippen LogP contribution is -2.45. The molecule has 8 nitrogen and oxygen atoms in total. The Labute approximate surface area is 235 Å². The Kier molecular flexibility index (Phi) is 10.0. The number of hydrogen-bond donors (Lipinski definition) is 2.